The number of guanidine groups is 1. The minimum Gasteiger partial charge on any atom is -0.469 e. The molecule has 188 valence electrons. The summed E-state index contributed by atoms with van der Waals surface area (Å²) in [6, 6.07) is 0. The molecule has 1 aliphatic rings. The maximum absolute atomic E-state index is 12.4. The molecule has 1 heterocycles. The fourth-order valence-corrected chi connectivity index (χ4v) is 3.57. The van der Waals surface area contributed by atoms with Crippen molar-refractivity contribution in [1.29, 1.82) is 0 Å². The van der Waals surface area contributed by atoms with Crippen LogP contribution in [-0.4, -0.2) is 79.8 Å². The van der Waals surface area contributed by atoms with Crippen LogP contribution < -0.4 is 5.32 Å². The number of likely N-dealkylation sites (tertiary alicyclic amines) is 1. The number of nitrogens with one attached hydrogen (secondary N) is 1. The second kappa shape index (κ2) is 16.4. The third-order valence-corrected chi connectivity index (χ3v) is 5.29. The molecule has 0 saturated carbocycles. The molecule has 1 saturated heterocycles. The summed E-state index contributed by atoms with van der Waals surface area (Å²) in [5.74, 6) is 1.30. The average Bonchev–Trinajstić information content (AvgIpc) is 2.72. The van der Waals surface area contributed by atoms with Gasteiger partial charge in [0.25, 0.3) is 0 Å². The van der Waals surface area contributed by atoms with Gasteiger partial charge in [0, 0.05) is 45.7 Å². The highest BCUT2D eigenvalue weighted by molar-refractivity contribution is 14.0. The Kier molecular flexibility index (Phi) is 15.7. The number of carbonyl (C=O) groups excluding carboxylic acids is 2. The van der Waals surface area contributed by atoms with Gasteiger partial charge in [-0.05, 0) is 66.2 Å². The van der Waals surface area contributed by atoms with E-state index >= 15 is 0 Å². The van der Waals surface area contributed by atoms with Gasteiger partial charge in [-0.15, -0.1) is 24.0 Å². The number of hydrogen-bond donors (Lipinski definition) is 1. The van der Waals surface area contributed by atoms with Crippen molar-refractivity contribution < 1.29 is 19.1 Å². The largest absolute Gasteiger partial charge is 0.469 e. The van der Waals surface area contributed by atoms with Crippen LogP contribution in [0, 0.1) is 5.92 Å². The average molecular weight is 569 g/mol. The lowest BCUT2D eigenvalue weighted by molar-refractivity contribution is -0.140. The van der Waals surface area contributed by atoms with Gasteiger partial charge in [-0.25, -0.2) is 4.79 Å². The first-order chi connectivity index (χ1) is 14.7. The highest BCUT2D eigenvalue weighted by Crippen LogP contribution is 2.20. The molecule has 0 unspecified atom stereocenters. The van der Waals surface area contributed by atoms with Gasteiger partial charge in [-0.2, -0.15) is 0 Å². The Morgan fingerprint density at radius 2 is 1.78 bits per heavy atom. The zero-order valence-electron chi connectivity index (χ0n) is 20.9. The van der Waals surface area contributed by atoms with Crippen LogP contribution in [0.1, 0.15) is 73.1 Å². The van der Waals surface area contributed by atoms with Crippen molar-refractivity contribution in [3.63, 3.8) is 0 Å². The molecule has 1 rings (SSSR count). The van der Waals surface area contributed by atoms with E-state index in [9.17, 15) is 9.59 Å². The van der Waals surface area contributed by atoms with Gasteiger partial charge >= 0.3 is 12.1 Å². The van der Waals surface area contributed by atoms with Crippen molar-refractivity contribution in [2.24, 2.45) is 10.9 Å². The first-order valence-electron chi connectivity index (χ1n) is 11.8. The number of nitrogens with zero attached hydrogens (tertiary/aromatic N) is 3. The number of carbonyl (C=O) groups is 2. The van der Waals surface area contributed by atoms with E-state index in [1.165, 1.54) is 7.11 Å². The Morgan fingerprint density at radius 3 is 2.31 bits per heavy atom. The lowest BCUT2D eigenvalue weighted by atomic mass is 9.96. The Morgan fingerprint density at radius 1 is 1.12 bits per heavy atom. The van der Waals surface area contributed by atoms with Crippen LogP contribution in [0.15, 0.2) is 4.99 Å². The molecule has 1 amide bonds. The monoisotopic (exact) mass is 568 g/mol. The molecule has 1 aliphatic heterocycles. The number of methoxy groups -OCH3 is 1. The summed E-state index contributed by atoms with van der Waals surface area (Å²) in [7, 11) is 1.43. The SMILES string of the molecule is CCNC(=NCCCCCC(=O)OC)N1CCC(CN(CC)C(=O)OC(C)(C)C)CC1.I. The fourth-order valence-electron chi connectivity index (χ4n) is 3.57. The molecule has 0 atom stereocenters. The minimum atomic E-state index is -0.468. The number of unbranched alkanes of at least 4 members (excludes halogenated alkanes) is 2. The number of piperidine rings is 1. The summed E-state index contributed by atoms with van der Waals surface area (Å²) >= 11 is 0. The van der Waals surface area contributed by atoms with Gasteiger partial charge in [-0.1, -0.05) is 6.42 Å². The van der Waals surface area contributed by atoms with Crippen molar-refractivity contribution in [1.82, 2.24) is 15.1 Å². The van der Waals surface area contributed by atoms with E-state index in [-0.39, 0.29) is 36.0 Å². The number of aliphatic imine (C=N–C) groups is 1. The lowest BCUT2D eigenvalue weighted by Crippen LogP contribution is -2.48. The molecular formula is C23H45IN4O4. The van der Waals surface area contributed by atoms with E-state index in [1.807, 2.05) is 32.6 Å². The standard InChI is InChI=1S/C23H44N4O4.HI/c1-7-24-21(25-15-11-9-10-12-20(28)30-6)27-16-13-19(14-17-27)18-26(8-2)22(29)31-23(3,4)5;/h19H,7-18H2,1-6H3,(H,24,25);1H. The number of halogens is 1. The van der Waals surface area contributed by atoms with Gasteiger partial charge in [0.15, 0.2) is 5.96 Å². The molecule has 32 heavy (non-hydrogen) atoms. The van der Waals surface area contributed by atoms with Crippen LogP contribution in [0.4, 0.5) is 4.79 Å². The maximum Gasteiger partial charge on any atom is 0.410 e. The summed E-state index contributed by atoms with van der Waals surface area (Å²) in [6.45, 7) is 14.7. The highest BCUT2D eigenvalue weighted by atomic mass is 127. The molecule has 8 nitrogen and oxygen atoms in total. The van der Waals surface area contributed by atoms with Crippen LogP contribution in [0.2, 0.25) is 0 Å². The Balaban J connectivity index is 0.00000961. The zero-order chi connectivity index (χ0) is 23.3. The number of amides is 1. The predicted molar refractivity (Wildman–Crippen MR) is 140 cm³/mol. The van der Waals surface area contributed by atoms with Crippen molar-refractivity contribution in [2.75, 3.05) is 46.4 Å². The highest BCUT2D eigenvalue weighted by Gasteiger charge is 2.27. The summed E-state index contributed by atoms with van der Waals surface area (Å²) in [4.78, 5) is 32.5. The lowest BCUT2D eigenvalue weighted by Gasteiger charge is -2.36. The van der Waals surface area contributed by atoms with Crippen LogP contribution in [0.25, 0.3) is 0 Å². The smallest absolute Gasteiger partial charge is 0.410 e. The van der Waals surface area contributed by atoms with Crippen molar-refractivity contribution in [3.05, 3.63) is 0 Å². The Bertz CT molecular complexity index is 573. The van der Waals surface area contributed by atoms with Crippen LogP contribution in [0.3, 0.4) is 0 Å². The quantitative estimate of drug-likeness (QED) is 0.139. The van der Waals surface area contributed by atoms with Gasteiger partial charge < -0.3 is 24.6 Å². The summed E-state index contributed by atoms with van der Waals surface area (Å²) < 4.78 is 10.2. The topological polar surface area (TPSA) is 83.5 Å². The molecule has 0 aliphatic carbocycles. The van der Waals surface area contributed by atoms with Crippen molar-refractivity contribution in [3.8, 4) is 0 Å². The van der Waals surface area contributed by atoms with Gasteiger partial charge in [-0.3, -0.25) is 9.79 Å². The normalized spacial score (nSPS) is 15.1. The van der Waals surface area contributed by atoms with Gasteiger partial charge in [0.1, 0.15) is 5.60 Å². The van der Waals surface area contributed by atoms with E-state index in [4.69, 9.17) is 9.73 Å². The number of ether oxygens (including phenoxy) is 2. The molecular weight excluding hydrogens is 523 g/mol. The van der Waals surface area contributed by atoms with Gasteiger partial charge in [0.05, 0.1) is 7.11 Å². The minimum absolute atomic E-state index is 0. The predicted octanol–water partition coefficient (Wildman–Crippen LogP) is 4.27. The first-order valence-corrected chi connectivity index (χ1v) is 11.8. The van der Waals surface area contributed by atoms with Crippen LogP contribution >= 0.6 is 24.0 Å². The first kappa shape index (κ1) is 30.7. The van der Waals surface area contributed by atoms with Crippen molar-refractivity contribution >= 4 is 42.0 Å². The maximum atomic E-state index is 12.4. The number of hydrogen-bond acceptors (Lipinski definition) is 5. The van der Waals surface area contributed by atoms with E-state index < -0.39 is 5.60 Å². The van der Waals surface area contributed by atoms with Crippen LogP contribution in [0.5, 0.6) is 0 Å². The van der Waals surface area contributed by atoms with E-state index in [0.29, 0.717) is 18.9 Å². The summed E-state index contributed by atoms with van der Waals surface area (Å²) in [5, 5.41) is 3.40. The molecule has 0 aromatic heterocycles. The second-order valence-corrected chi connectivity index (χ2v) is 9.07. The van der Waals surface area contributed by atoms with E-state index in [0.717, 1.165) is 70.8 Å². The second-order valence-electron chi connectivity index (χ2n) is 9.07. The van der Waals surface area contributed by atoms with Gasteiger partial charge in [0.2, 0.25) is 0 Å². The molecule has 1 fully saturated rings. The molecule has 0 aromatic carbocycles. The molecule has 0 aromatic rings. The summed E-state index contributed by atoms with van der Waals surface area (Å²) in [5.41, 5.74) is -0.468. The Labute approximate surface area is 211 Å². The molecule has 9 heteroatoms. The van der Waals surface area contributed by atoms with Crippen LogP contribution in [-0.2, 0) is 14.3 Å². The Hall–Kier alpha value is -1.26. The fraction of sp³-hybridized carbons (Fsp3) is 0.870. The summed E-state index contributed by atoms with van der Waals surface area (Å²) in [6.07, 6.45) is 5.09. The molecule has 0 spiro atoms. The molecule has 1 N–H and O–H groups in total. The zero-order valence-corrected chi connectivity index (χ0v) is 23.3. The molecule has 0 bridgehead atoms. The number of rotatable bonds is 10. The van der Waals surface area contributed by atoms with Crippen molar-refractivity contribution in [2.45, 2.75) is 78.7 Å². The third-order valence-electron chi connectivity index (χ3n) is 5.29. The third kappa shape index (κ3) is 12.7. The molecule has 0 radical (unpaired) electrons. The van der Waals surface area contributed by atoms with E-state index in [1.54, 1.807) is 0 Å². The number of esters is 1. The van der Waals surface area contributed by atoms with E-state index in [2.05, 4.69) is 21.9 Å².